The molecule has 30 heavy (non-hydrogen) atoms. The van der Waals surface area contributed by atoms with Gasteiger partial charge in [0.25, 0.3) is 0 Å². The van der Waals surface area contributed by atoms with Crippen molar-refractivity contribution >= 4 is 0 Å². The van der Waals surface area contributed by atoms with E-state index in [9.17, 15) is 17.6 Å². The molecule has 0 aliphatic carbocycles. The van der Waals surface area contributed by atoms with Crippen molar-refractivity contribution in [1.82, 2.24) is 14.8 Å². The summed E-state index contributed by atoms with van der Waals surface area (Å²) in [7, 11) is 1.50. The maximum atomic E-state index is 13.4. The molecule has 2 heterocycles. The van der Waals surface area contributed by atoms with E-state index in [4.69, 9.17) is 4.74 Å². The second-order valence-corrected chi connectivity index (χ2v) is 5.59. The Morgan fingerprint density at radius 3 is 2.23 bits per heavy atom. The van der Waals surface area contributed by atoms with Gasteiger partial charge in [-0.15, -0.1) is 24.3 Å². The van der Waals surface area contributed by atoms with Crippen LogP contribution in [-0.2, 0) is 20.1 Å². The molecule has 157 valence electrons. The zero-order valence-electron chi connectivity index (χ0n) is 15.4. The Labute approximate surface area is 183 Å². The topological polar surface area (TPSA) is 39.9 Å². The summed E-state index contributed by atoms with van der Waals surface area (Å²) in [6.07, 6.45) is 4.56. The molecule has 0 spiro atoms. The van der Waals surface area contributed by atoms with E-state index in [2.05, 4.69) is 22.2 Å². The van der Waals surface area contributed by atoms with Crippen LogP contribution < -0.4 is 4.74 Å². The van der Waals surface area contributed by atoms with Crippen molar-refractivity contribution in [3.63, 3.8) is 0 Å². The first kappa shape index (κ1) is 23.3. The van der Waals surface area contributed by atoms with E-state index in [1.807, 2.05) is 0 Å². The molecule has 0 aliphatic heterocycles. The SMILES string of the molecule is COc1ccnc(-c2[c-]cc(F)cc2F)c1.Fc1c[c-]c(-n2cccn2)c(F)c1.[Ir]. The molecule has 0 aliphatic rings. The number of aromatic nitrogens is 3. The number of halogens is 4. The van der Waals surface area contributed by atoms with E-state index in [0.717, 1.165) is 24.3 Å². The molecule has 4 nitrogen and oxygen atoms in total. The van der Waals surface area contributed by atoms with Crippen molar-refractivity contribution in [2.75, 3.05) is 7.11 Å². The van der Waals surface area contributed by atoms with Gasteiger partial charge in [-0.3, -0.25) is 22.2 Å². The molecule has 0 N–H and O–H groups in total. The summed E-state index contributed by atoms with van der Waals surface area (Å²) < 4.78 is 58.0. The van der Waals surface area contributed by atoms with Gasteiger partial charge in [0.05, 0.1) is 7.11 Å². The summed E-state index contributed by atoms with van der Waals surface area (Å²) in [5.74, 6) is -2.12. The normalized spacial score (nSPS) is 9.90. The van der Waals surface area contributed by atoms with Gasteiger partial charge in [-0.1, -0.05) is 11.6 Å². The molecular formula is C21H13F4IrN3O-2. The van der Waals surface area contributed by atoms with Crippen LogP contribution in [0.4, 0.5) is 17.6 Å². The van der Waals surface area contributed by atoms with Crippen LogP contribution in [0, 0.1) is 35.4 Å². The first-order chi connectivity index (χ1) is 14.0. The number of ether oxygens (including phenoxy) is 1. The van der Waals surface area contributed by atoms with Crippen LogP contribution in [-0.4, -0.2) is 21.9 Å². The molecular weight excluding hydrogens is 578 g/mol. The van der Waals surface area contributed by atoms with Crippen molar-refractivity contribution in [2.45, 2.75) is 0 Å². The molecule has 4 rings (SSSR count). The zero-order chi connectivity index (χ0) is 20.8. The Morgan fingerprint density at radius 2 is 1.63 bits per heavy atom. The molecule has 1 radical (unpaired) electrons. The van der Waals surface area contributed by atoms with Gasteiger partial charge in [0, 0.05) is 62.0 Å². The van der Waals surface area contributed by atoms with Crippen molar-refractivity contribution in [1.29, 1.82) is 0 Å². The first-order valence-corrected chi connectivity index (χ1v) is 8.22. The first-order valence-electron chi connectivity index (χ1n) is 8.22. The van der Waals surface area contributed by atoms with Crippen LogP contribution in [0.15, 0.2) is 61.1 Å². The van der Waals surface area contributed by atoms with Gasteiger partial charge in [0.15, 0.2) is 0 Å². The van der Waals surface area contributed by atoms with Crippen molar-refractivity contribution in [3.05, 3.63) is 96.5 Å². The number of methoxy groups -OCH3 is 1. The van der Waals surface area contributed by atoms with Gasteiger partial charge in [0.1, 0.15) is 5.75 Å². The van der Waals surface area contributed by atoms with Gasteiger partial charge in [0.2, 0.25) is 0 Å². The number of nitrogens with zero attached hydrogens (tertiary/aromatic N) is 3. The minimum atomic E-state index is -0.694. The minimum Gasteiger partial charge on any atom is -0.497 e. The van der Waals surface area contributed by atoms with Gasteiger partial charge < -0.3 is 9.72 Å². The summed E-state index contributed by atoms with van der Waals surface area (Å²) in [5.41, 5.74) is 0.601. The molecule has 0 atom stereocenters. The predicted octanol–water partition coefficient (Wildman–Crippen LogP) is 4.78. The van der Waals surface area contributed by atoms with E-state index < -0.39 is 23.3 Å². The van der Waals surface area contributed by atoms with E-state index in [0.29, 0.717) is 11.4 Å². The van der Waals surface area contributed by atoms with Gasteiger partial charge in [-0.05, 0) is 29.6 Å². The Kier molecular flexibility index (Phi) is 8.26. The molecule has 0 saturated heterocycles. The number of hydrogen-bond donors (Lipinski definition) is 0. The summed E-state index contributed by atoms with van der Waals surface area (Å²) >= 11 is 0. The van der Waals surface area contributed by atoms with Crippen LogP contribution >= 0.6 is 0 Å². The third-order valence-electron chi connectivity index (χ3n) is 3.65. The van der Waals surface area contributed by atoms with E-state index in [-0.39, 0.29) is 31.4 Å². The average molecular weight is 592 g/mol. The molecule has 0 amide bonds. The Balaban J connectivity index is 0.000000211. The molecule has 0 unspecified atom stereocenters. The van der Waals surface area contributed by atoms with Crippen LogP contribution in [0.2, 0.25) is 0 Å². The Bertz CT molecular complexity index is 1110. The summed E-state index contributed by atoms with van der Waals surface area (Å²) in [4.78, 5) is 3.97. The second-order valence-electron chi connectivity index (χ2n) is 5.59. The van der Waals surface area contributed by atoms with Gasteiger partial charge >= 0.3 is 0 Å². The van der Waals surface area contributed by atoms with E-state index >= 15 is 0 Å². The number of hydrogen-bond acceptors (Lipinski definition) is 3. The van der Waals surface area contributed by atoms with Gasteiger partial charge in [-0.2, -0.15) is 11.2 Å². The van der Waals surface area contributed by atoms with E-state index in [1.165, 1.54) is 24.2 Å². The molecule has 4 aromatic rings. The number of pyridine rings is 1. The summed E-state index contributed by atoms with van der Waals surface area (Å²) in [6.45, 7) is 0. The van der Waals surface area contributed by atoms with Crippen molar-refractivity contribution in [3.8, 4) is 22.7 Å². The van der Waals surface area contributed by atoms with Crippen LogP contribution in [0.25, 0.3) is 16.9 Å². The maximum Gasteiger partial charge on any atom is 0.113 e. The van der Waals surface area contributed by atoms with Crippen LogP contribution in [0.5, 0.6) is 5.75 Å². The molecule has 9 heteroatoms. The molecule has 0 saturated carbocycles. The van der Waals surface area contributed by atoms with Crippen LogP contribution in [0.3, 0.4) is 0 Å². The minimum absolute atomic E-state index is 0. The van der Waals surface area contributed by atoms with Crippen molar-refractivity contribution < 1.29 is 42.4 Å². The fourth-order valence-electron chi connectivity index (χ4n) is 2.33. The third kappa shape index (κ3) is 5.75. The third-order valence-corrected chi connectivity index (χ3v) is 3.65. The average Bonchev–Trinajstić information content (AvgIpc) is 3.23. The van der Waals surface area contributed by atoms with Crippen molar-refractivity contribution in [2.24, 2.45) is 0 Å². The fraction of sp³-hybridized carbons (Fsp3) is 0.0476. The molecule has 2 aromatic carbocycles. The Hall–Kier alpha value is -3.03. The quantitative estimate of drug-likeness (QED) is 0.254. The molecule has 0 bridgehead atoms. The smallest absolute Gasteiger partial charge is 0.113 e. The standard InChI is InChI=1S/C12H8F2NO.C9H5F2N2.Ir/c1-16-9-4-5-15-12(7-9)10-3-2-8(13)6-11(10)14;10-7-2-3-9(8(11)6-7)13-5-1-4-12-13;/h2,4-7H,1H3;1-2,4-6H;/q2*-1;. The fourth-order valence-corrected chi connectivity index (χ4v) is 2.33. The van der Waals surface area contributed by atoms with Gasteiger partial charge in [-0.25, -0.2) is 0 Å². The van der Waals surface area contributed by atoms with Crippen LogP contribution in [0.1, 0.15) is 0 Å². The number of rotatable bonds is 3. The largest absolute Gasteiger partial charge is 0.497 e. The summed E-state index contributed by atoms with van der Waals surface area (Å²) in [6, 6.07) is 13.6. The zero-order valence-corrected chi connectivity index (χ0v) is 17.8. The maximum absolute atomic E-state index is 13.4. The monoisotopic (exact) mass is 592 g/mol. The second kappa shape index (κ2) is 10.7. The molecule has 2 aromatic heterocycles. The number of benzene rings is 2. The summed E-state index contributed by atoms with van der Waals surface area (Å²) in [5, 5.41) is 3.80. The van der Waals surface area contributed by atoms with E-state index in [1.54, 1.807) is 24.4 Å². The molecule has 0 fully saturated rings. The Morgan fingerprint density at radius 1 is 0.933 bits per heavy atom. The predicted molar refractivity (Wildman–Crippen MR) is 97.3 cm³/mol.